The molecule has 0 aromatic carbocycles. The number of aromatic nitrogens is 1. The molecule has 4 atom stereocenters. The number of ketones is 1. The highest BCUT2D eigenvalue weighted by atomic mass is 16.1. The van der Waals surface area contributed by atoms with E-state index in [2.05, 4.69) is 29.3 Å². The number of rotatable bonds is 6. The third-order valence-electron chi connectivity index (χ3n) is 5.51. The van der Waals surface area contributed by atoms with Crippen molar-refractivity contribution in [2.24, 2.45) is 23.7 Å². The lowest BCUT2D eigenvalue weighted by atomic mass is 9.69. The second-order valence-corrected chi connectivity index (χ2v) is 7.03. The van der Waals surface area contributed by atoms with Crippen LogP contribution in [-0.4, -0.2) is 10.8 Å². The van der Waals surface area contributed by atoms with Crippen LogP contribution in [0.4, 0.5) is 0 Å². The molecule has 2 aliphatic rings. The lowest BCUT2D eigenvalue weighted by molar-refractivity contribution is -0.124. The maximum Gasteiger partial charge on any atom is 0.133 e. The number of allylic oxidation sites excluding steroid dienone is 3. The molecule has 122 valence electrons. The van der Waals surface area contributed by atoms with E-state index < -0.39 is 0 Å². The van der Waals surface area contributed by atoms with Crippen molar-refractivity contribution in [3.8, 4) is 0 Å². The van der Waals surface area contributed by atoms with Gasteiger partial charge in [-0.05, 0) is 75.0 Å². The van der Waals surface area contributed by atoms with E-state index in [-0.39, 0.29) is 5.92 Å². The van der Waals surface area contributed by atoms with Crippen LogP contribution < -0.4 is 0 Å². The first-order valence-corrected chi connectivity index (χ1v) is 9.02. The van der Waals surface area contributed by atoms with Crippen molar-refractivity contribution in [1.29, 1.82) is 0 Å². The summed E-state index contributed by atoms with van der Waals surface area (Å²) in [5.41, 5.74) is 1.01. The Morgan fingerprint density at radius 2 is 2.22 bits per heavy atom. The van der Waals surface area contributed by atoms with Gasteiger partial charge >= 0.3 is 0 Å². The predicted molar refractivity (Wildman–Crippen MR) is 94.8 cm³/mol. The molecule has 0 spiro atoms. The number of hydrogen-bond acceptors (Lipinski definition) is 2. The lowest BCUT2D eigenvalue weighted by Gasteiger charge is -2.35. The van der Waals surface area contributed by atoms with Gasteiger partial charge in [-0.3, -0.25) is 9.78 Å². The Balaban J connectivity index is 1.52. The van der Waals surface area contributed by atoms with E-state index >= 15 is 0 Å². The van der Waals surface area contributed by atoms with E-state index in [0.29, 0.717) is 23.5 Å². The molecule has 0 saturated heterocycles. The normalized spacial score (nSPS) is 29.8. The molecule has 1 saturated carbocycles. The van der Waals surface area contributed by atoms with Crippen molar-refractivity contribution in [3.63, 3.8) is 0 Å². The van der Waals surface area contributed by atoms with Gasteiger partial charge in [-0.2, -0.15) is 0 Å². The molecule has 23 heavy (non-hydrogen) atoms. The fourth-order valence-corrected chi connectivity index (χ4v) is 4.45. The minimum atomic E-state index is 0.271. The van der Waals surface area contributed by atoms with Crippen molar-refractivity contribution in [1.82, 2.24) is 4.98 Å². The monoisotopic (exact) mass is 309 g/mol. The maximum absolute atomic E-state index is 12.2. The Kier molecular flexibility index (Phi) is 5.43. The summed E-state index contributed by atoms with van der Waals surface area (Å²) >= 11 is 0. The second-order valence-electron chi connectivity index (χ2n) is 7.03. The van der Waals surface area contributed by atoms with E-state index in [9.17, 15) is 4.79 Å². The Bertz CT molecular complexity index is 575. The Labute approximate surface area is 139 Å². The largest absolute Gasteiger partial charge is 0.300 e. The second kappa shape index (κ2) is 7.72. The van der Waals surface area contributed by atoms with Crippen LogP contribution in [-0.2, 0) is 4.79 Å². The molecular formula is C21H27NO. The topological polar surface area (TPSA) is 30.0 Å². The van der Waals surface area contributed by atoms with E-state index in [1.807, 2.05) is 24.4 Å². The first-order chi connectivity index (χ1) is 11.3. The third-order valence-corrected chi connectivity index (χ3v) is 5.51. The standard InChI is InChI=1S/C21H27NO/c1-16(23)21-18(14-13-17-9-7-12-20(17)21)8-3-2-4-10-19-11-5-6-15-22-19/h4-6,10-11,13-15,17-18,20-21H,2-3,7-9,12H2,1H3/b10-4+/t17-,18+,20+,21-/m0/s1. The summed E-state index contributed by atoms with van der Waals surface area (Å²) in [6, 6.07) is 5.96. The lowest BCUT2D eigenvalue weighted by Crippen LogP contribution is -2.33. The van der Waals surface area contributed by atoms with Gasteiger partial charge in [-0.1, -0.05) is 30.7 Å². The number of hydrogen-bond donors (Lipinski definition) is 0. The minimum Gasteiger partial charge on any atom is -0.300 e. The molecule has 1 aromatic heterocycles. The van der Waals surface area contributed by atoms with Gasteiger partial charge in [0.25, 0.3) is 0 Å². The number of nitrogens with zero attached hydrogens (tertiary/aromatic N) is 1. The number of pyridine rings is 1. The zero-order valence-corrected chi connectivity index (χ0v) is 14.0. The minimum absolute atomic E-state index is 0.271. The summed E-state index contributed by atoms with van der Waals surface area (Å²) in [6.45, 7) is 1.80. The molecule has 0 amide bonds. The van der Waals surface area contributed by atoms with Crippen LogP contribution in [0.1, 0.15) is 51.1 Å². The number of unbranched alkanes of at least 4 members (excludes halogenated alkanes) is 1. The number of fused-ring (bicyclic) bond motifs is 1. The number of carbonyl (C=O) groups excluding carboxylic acids is 1. The summed E-state index contributed by atoms with van der Waals surface area (Å²) in [6.07, 6.45) is 18.0. The SMILES string of the molecule is CC(=O)[C@@H]1[C@@H]2CCC[C@H]2C=C[C@H]1CCC/C=C/c1ccccn1. The van der Waals surface area contributed by atoms with Crippen LogP contribution in [0.5, 0.6) is 0 Å². The van der Waals surface area contributed by atoms with Crippen LogP contribution in [0.2, 0.25) is 0 Å². The van der Waals surface area contributed by atoms with Crippen molar-refractivity contribution < 1.29 is 4.79 Å². The summed E-state index contributed by atoms with van der Waals surface area (Å²) in [7, 11) is 0. The highest BCUT2D eigenvalue weighted by molar-refractivity contribution is 5.79. The maximum atomic E-state index is 12.2. The zero-order valence-electron chi connectivity index (χ0n) is 14.0. The average Bonchev–Trinajstić information content (AvgIpc) is 3.03. The van der Waals surface area contributed by atoms with Crippen LogP contribution >= 0.6 is 0 Å². The number of Topliss-reactive ketones (excluding diaryl/α,β-unsaturated/α-hetero) is 1. The summed E-state index contributed by atoms with van der Waals surface area (Å²) in [5.74, 6) is 2.42. The van der Waals surface area contributed by atoms with E-state index in [0.717, 1.165) is 25.0 Å². The fraction of sp³-hybridized carbons (Fsp3) is 0.524. The highest BCUT2D eigenvalue weighted by Crippen LogP contribution is 2.46. The van der Waals surface area contributed by atoms with Gasteiger partial charge in [-0.25, -0.2) is 0 Å². The first kappa shape index (κ1) is 16.2. The van der Waals surface area contributed by atoms with Crippen molar-refractivity contribution >= 4 is 11.9 Å². The van der Waals surface area contributed by atoms with Crippen LogP contribution in [0.3, 0.4) is 0 Å². The van der Waals surface area contributed by atoms with Crippen LogP contribution in [0.15, 0.2) is 42.6 Å². The van der Waals surface area contributed by atoms with Crippen LogP contribution in [0.25, 0.3) is 6.08 Å². The molecule has 2 nitrogen and oxygen atoms in total. The molecule has 0 N–H and O–H groups in total. The molecule has 2 aliphatic carbocycles. The molecule has 1 heterocycles. The van der Waals surface area contributed by atoms with Gasteiger partial charge in [0.15, 0.2) is 0 Å². The van der Waals surface area contributed by atoms with E-state index in [4.69, 9.17) is 0 Å². The summed E-state index contributed by atoms with van der Waals surface area (Å²) < 4.78 is 0. The van der Waals surface area contributed by atoms with E-state index in [1.54, 1.807) is 6.92 Å². The van der Waals surface area contributed by atoms with Gasteiger partial charge in [0, 0.05) is 12.1 Å². The Morgan fingerprint density at radius 1 is 1.30 bits per heavy atom. The fourth-order valence-electron chi connectivity index (χ4n) is 4.45. The molecule has 0 unspecified atom stereocenters. The van der Waals surface area contributed by atoms with Crippen molar-refractivity contribution in [2.75, 3.05) is 0 Å². The van der Waals surface area contributed by atoms with Gasteiger partial charge in [-0.15, -0.1) is 0 Å². The number of carbonyl (C=O) groups is 1. The Morgan fingerprint density at radius 3 is 3.00 bits per heavy atom. The first-order valence-electron chi connectivity index (χ1n) is 9.02. The van der Waals surface area contributed by atoms with Crippen molar-refractivity contribution in [3.05, 3.63) is 48.3 Å². The quantitative estimate of drug-likeness (QED) is 0.542. The van der Waals surface area contributed by atoms with Gasteiger partial charge < -0.3 is 0 Å². The van der Waals surface area contributed by atoms with Gasteiger partial charge in [0.05, 0.1) is 5.69 Å². The summed E-state index contributed by atoms with van der Waals surface area (Å²) in [5, 5.41) is 0. The van der Waals surface area contributed by atoms with Gasteiger partial charge in [0.2, 0.25) is 0 Å². The molecular weight excluding hydrogens is 282 g/mol. The van der Waals surface area contributed by atoms with Gasteiger partial charge in [0.1, 0.15) is 5.78 Å². The highest BCUT2D eigenvalue weighted by Gasteiger charge is 2.40. The molecule has 0 radical (unpaired) electrons. The smallest absolute Gasteiger partial charge is 0.133 e. The Hall–Kier alpha value is -1.70. The molecule has 0 aliphatic heterocycles. The molecule has 0 bridgehead atoms. The molecule has 1 fully saturated rings. The van der Waals surface area contributed by atoms with E-state index in [1.165, 1.54) is 19.3 Å². The third kappa shape index (κ3) is 3.99. The zero-order chi connectivity index (χ0) is 16.1. The summed E-state index contributed by atoms with van der Waals surface area (Å²) in [4.78, 5) is 16.5. The molecule has 3 rings (SSSR count). The van der Waals surface area contributed by atoms with Crippen LogP contribution in [0, 0.1) is 23.7 Å². The average molecular weight is 309 g/mol. The predicted octanol–water partition coefficient (Wildman–Crippen LogP) is 5.07. The molecule has 2 heteroatoms. The molecule has 1 aromatic rings. The van der Waals surface area contributed by atoms with Crippen molar-refractivity contribution in [2.45, 2.75) is 45.4 Å².